The summed E-state index contributed by atoms with van der Waals surface area (Å²) in [5.74, 6) is 0.680. The Morgan fingerprint density at radius 1 is 0.844 bits per heavy atom. The molecule has 0 fully saturated rings. The number of benzene rings is 2. The highest BCUT2D eigenvalue weighted by atomic mass is 32.2. The van der Waals surface area contributed by atoms with Crippen LogP contribution < -0.4 is 0 Å². The van der Waals surface area contributed by atoms with Gasteiger partial charge in [-0.2, -0.15) is 0 Å². The third kappa shape index (κ3) is 3.50. The van der Waals surface area contributed by atoms with Crippen molar-refractivity contribution >= 4 is 9.84 Å². The predicted molar refractivity (Wildman–Crippen MR) is 117 cm³/mol. The van der Waals surface area contributed by atoms with Crippen molar-refractivity contribution in [1.82, 2.24) is 15.0 Å². The maximum absolute atomic E-state index is 13.3. The van der Waals surface area contributed by atoms with Gasteiger partial charge < -0.3 is 8.83 Å². The highest BCUT2D eigenvalue weighted by molar-refractivity contribution is 7.91. The van der Waals surface area contributed by atoms with Crippen LogP contribution in [-0.2, 0) is 9.84 Å². The first kappa shape index (κ1) is 19.9. The summed E-state index contributed by atoms with van der Waals surface area (Å²) in [6.07, 6.45) is 4.35. The first-order valence-electron chi connectivity index (χ1n) is 9.76. The number of aromatic nitrogens is 3. The molecule has 0 spiro atoms. The lowest BCUT2D eigenvalue weighted by atomic mass is 10.1. The quantitative estimate of drug-likeness (QED) is 0.368. The number of oxazole rings is 2. The second kappa shape index (κ2) is 7.90. The fraction of sp³-hybridized carbons (Fsp3) is 0.0417. The van der Waals surface area contributed by atoms with Gasteiger partial charge in [-0.3, -0.25) is 4.98 Å². The van der Waals surface area contributed by atoms with Crippen molar-refractivity contribution in [2.75, 3.05) is 0 Å². The normalized spacial score (nSPS) is 11.5. The molecule has 0 aliphatic rings. The molecule has 7 nitrogen and oxygen atoms in total. The third-order valence-corrected chi connectivity index (χ3v) is 6.60. The number of pyridine rings is 1. The van der Waals surface area contributed by atoms with Crippen LogP contribution in [0.2, 0.25) is 0 Å². The summed E-state index contributed by atoms with van der Waals surface area (Å²) in [4.78, 5) is 12.9. The molecular weight excluding hydrogens is 426 g/mol. The Morgan fingerprint density at radius 2 is 1.59 bits per heavy atom. The summed E-state index contributed by atoms with van der Waals surface area (Å²) in [7, 11) is -3.95. The monoisotopic (exact) mass is 443 g/mol. The summed E-state index contributed by atoms with van der Waals surface area (Å²) in [5.41, 5.74) is 2.56. The van der Waals surface area contributed by atoms with Gasteiger partial charge >= 0.3 is 0 Å². The van der Waals surface area contributed by atoms with Gasteiger partial charge in [0.15, 0.2) is 23.6 Å². The number of hydrogen-bond donors (Lipinski definition) is 0. The van der Waals surface area contributed by atoms with Crippen LogP contribution in [-0.4, -0.2) is 23.4 Å². The van der Waals surface area contributed by atoms with E-state index in [0.717, 1.165) is 17.5 Å². The van der Waals surface area contributed by atoms with E-state index >= 15 is 0 Å². The molecule has 0 amide bonds. The Bertz CT molecular complexity index is 1470. The van der Waals surface area contributed by atoms with Gasteiger partial charge in [-0.05, 0) is 43.3 Å². The fourth-order valence-corrected chi connectivity index (χ4v) is 4.57. The molecule has 0 bridgehead atoms. The van der Waals surface area contributed by atoms with Gasteiger partial charge in [0, 0.05) is 23.5 Å². The van der Waals surface area contributed by atoms with Crippen LogP contribution in [0.15, 0.2) is 104 Å². The standard InChI is InChI=1S/C24H17N3O4S/c1-16-9-11-19(12-10-16)32(28,29)24-22(30-15-26-24)20-21(18-8-5-13-25-14-18)31-23(27-20)17-6-3-2-4-7-17/h2-15H,1H3. The van der Waals surface area contributed by atoms with Gasteiger partial charge in [0.1, 0.15) is 0 Å². The SMILES string of the molecule is Cc1ccc(S(=O)(=O)c2ncoc2-c2nc(-c3ccccc3)oc2-c2cccnc2)cc1. The molecule has 2 aromatic carbocycles. The van der Waals surface area contributed by atoms with Crippen molar-refractivity contribution < 1.29 is 17.3 Å². The zero-order valence-corrected chi connectivity index (χ0v) is 17.8. The molecule has 158 valence electrons. The molecule has 0 aliphatic carbocycles. The molecule has 32 heavy (non-hydrogen) atoms. The topological polar surface area (TPSA) is 99.1 Å². The molecule has 0 saturated carbocycles. The van der Waals surface area contributed by atoms with Gasteiger partial charge in [-0.1, -0.05) is 35.9 Å². The molecule has 3 heterocycles. The van der Waals surface area contributed by atoms with Crippen LogP contribution >= 0.6 is 0 Å². The lowest BCUT2D eigenvalue weighted by Crippen LogP contribution is -2.04. The van der Waals surface area contributed by atoms with E-state index in [1.807, 2.05) is 37.3 Å². The van der Waals surface area contributed by atoms with Crippen molar-refractivity contribution in [3.63, 3.8) is 0 Å². The molecular formula is C24H17N3O4S. The summed E-state index contributed by atoms with van der Waals surface area (Å²) < 4.78 is 38.3. The van der Waals surface area contributed by atoms with E-state index in [1.165, 1.54) is 0 Å². The first-order chi connectivity index (χ1) is 15.5. The Labute approximate surface area is 184 Å². The average molecular weight is 443 g/mol. The maximum Gasteiger partial charge on any atom is 0.227 e. The summed E-state index contributed by atoms with van der Waals surface area (Å²) in [6.45, 7) is 1.89. The number of sulfone groups is 1. The summed E-state index contributed by atoms with van der Waals surface area (Å²) in [6, 6.07) is 19.4. The van der Waals surface area contributed by atoms with E-state index < -0.39 is 9.84 Å². The lowest BCUT2D eigenvalue weighted by molar-refractivity contribution is 0.563. The summed E-state index contributed by atoms with van der Waals surface area (Å²) in [5, 5.41) is -0.223. The Balaban J connectivity index is 1.70. The second-order valence-corrected chi connectivity index (χ2v) is 8.97. The van der Waals surface area contributed by atoms with Crippen LogP contribution in [0, 0.1) is 6.92 Å². The molecule has 0 radical (unpaired) electrons. The molecule has 0 atom stereocenters. The van der Waals surface area contributed by atoms with Gasteiger partial charge in [0.2, 0.25) is 20.8 Å². The molecule has 8 heteroatoms. The zero-order valence-electron chi connectivity index (χ0n) is 17.0. The van der Waals surface area contributed by atoms with Crippen LogP contribution in [0.25, 0.3) is 34.2 Å². The Morgan fingerprint density at radius 3 is 2.31 bits per heavy atom. The smallest absolute Gasteiger partial charge is 0.227 e. The van der Waals surface area contributed by atoms with Crippen LogP contribution in [0.4, 0.5) is 0 Å². The van der Waals surface area contributed by atoms with Gasteiger partial charge in [-0.25, -0.2) is 18.4 Å². The van der Waals surface area contributed by atoms with Gasteiger partial charge in [0.05, 0.1) is 4.90 Å². The maximum atomic E-state index is 13.3. The minimum Gasteiger partial charge on any atom is -0.440 e. The molecule has 5 aromatic rings. The van der Waals surface area contributed by atoms with Crippen LogP contribution in [0.1, 0.15) is 5.56 Å². The Kier molecular flexibility index (Phi) is 4.91. The van der Waals surface area contributed by atoms with E-state index in [9.17, 15) is 8.42 Å². The highest BCUT2D eigenvalue weighted by Crippen LogP contribution is 2.39. The van der Waals surface area contributed by atoms with Gasteiger partial charge in [0.25, 0.3) is 0 Å². The number of nitrogens with zero attached hydrogens (tertiary/aromatic N) is 3. The first-order valence-corrected chi connectivity index (χ1v) is 11.2. The largest absolute Gasteiger partial charge is 0.440 e. The van der Waals surface area contributed by atoms with Crippen molar-refractivity contribution in [3.8, 4) is 34.2 Å². The van der Waals surface area contributed by atoms with E-state index in [4.69, 9.17) is 8.83 Å². The van der Waals surface area contributed by atoms with E-state index in [2.05, 4.69) is 15.0 Å². The number of rotatable bonds is 5. The number of aryl methyl sites for hydroxylation is 1. The lowest BCUT2D eigenvalue weighted by Gasteiger charge is -2.04. The predicted octanol–water partition coefficient (Wildman–Crippen LogP) is 5.20. The molecule has 0 unspecified atom stereocenters. The third-order valence-electron chi connectivity index (χ3n) is 4.91. The van der Waals surface area contributed by atoms with Crippen molar-refractivity contribution in [2.45, 2.75) is 16.8 Å². The second-order valence-electron chi connectivity index (χ2n) is 7.11. The Hall–Kier alpha value is -4.04. The highest BCUT2D eigenvalue weighted by Gasteiger charge is 2.31. The molecule has 3 aromatic heterocycles. The minimum atomic E-state index is -3.95. The van der Waals surface area contributed by atoms with E-state index in [1.54, 1.807) is 48.8 Å². The van der Waals surface area contributed by atoms with Crippen molar-refractivity contribution in [3.05, 3.63) is 91.1 Å². The molecule has 0 N–H and O–H groups in total. The fourth-order valence-electron chi connectivity index (χ4n) is 3.28. The van der Waals surface area contributed by atoms with E-state index in [0.29, 0.717) is 17.2 Å². The molecule has 0 saturated heterocycles. The number of hydrogen-bond acceptors (Lipinski definition) is 7. The van der Waals surface area contributed by atoms with Crippen LogP contribution in [0.3, 0.4) is 0 Å². The van der Waals surface area contributed by atoms with Crippen molar-refractivity contribution in [2.24, 2.45) is 0 Å². The van der Waals surface area contributed by atoms with Crippen molar-refractivity contribution in [1.29, 1.82) is 0 Å². The minimum absolute atomic E-state index is 0.00959. The molecule has 0 aliphatic heterocycles. The molecule has 5 rings (SSSR count). The average Bonchev–Trinajstić information content (AvgIpc) is 3.48. The van der Waals surface area contributed by atoms with Crippen LogP contribution in [0.5, 0.6) is 0 Å². The zero-order chi connectivity index (χ0) is 22.1. The van der Waals surface area contributed by atoms with E-state index in [-0.39, 0.29) is 21.4 Å². The summed E-state index contributed by atoms with van der Waals surface area (Å²) >= 11 is 0. The van der Waals surface area contributed by atoms with Gasteiger partial charge in [-0.15, -0.1) is 0 Å².